The molecule has 0 radical (unpaired) electrons. The molecule has 0 spiro atoms. The van der Waals surface area contributed by atoms with Gasteiger partial charge < -0.3 is 129 Å². The number of hydrogen-bond donors (Lipinski definition) is 24. The molecule has 12 atom stereocenters. The molecule has 101 heavy (non-hydrogen) atoms. The molecule has 41 nitrogen and oxygen atoms in total. The van der Waals surface area contributed by atoms with Crippen molar-refractivity contribution in [3.05, 3.63) is 0 Å². The van der Waals surface area contributed by atoms with Crippen LogP contribution in [-0.4, -0.2) is 259 Å². The molecule has 41 heteroatoms. The second-order valence-corrected chi connectivity index (χ2v) is 23.7. The Kier molecular flexibility index (Phi) is 47.0. The first kappa shape index (κ1) is 91.7. The van der Waals surface area contributed by atoms with Gasteiger partial charge in [-0.3, -0.25) is 76.7 Å². The van der Waals surface area contributed by atoms with E-state index >= 15 is 0 Å². The minimum atomic E-state index is -1.98. The molecular formula is C60H108N20O21. The van der Waals surface area contributed by atoms with Crippen molar-refractivity contribution in [2.45, 2.75) is 210 Å². The Labute approximate surface area is 584 Å². The van der Waals surface area contributed by atoms with Crippen molar-refractivity contribution >= 4 is 101 Å². The fraction of sp³-hybridized carbons (Fsp3) is 0.717. The van der Waals surface area contributed by atoms with E-state index in [1.807, 2.05) is 0 Å². The van der Waals surface area contributed by atoms with Crippen molar-refractivity contribution in [2.24, 2.45) is 28.7 Å². The normalized spacial score (nSPS) is 14.5. The highest BCUT2D eigenvalue weighted by atomic mass is 16.4. The molecule has 0 rings (SSSR count). The predicted molar refractivity (Wildman–Crippen MR) is 359 cm³/mol. The van der Waals surface area contributed by atoms with E-state index in [0.29, 0.717) is 38.5 Å². The van der Waals surface area contributed by atoms with Gasteiger partial charge in [0.1, 0.15) is 60.4 Å². The lowest BCUT2D eigenvalue weighted by atomic mass is 10.0. The molecule has 0 aliphatic carbocycles. The number of rotatable bonds is 54. The minimum absolute atomic E-state index is 0.00215. The van der Waals surface area contributed by atoms with E-state index in [9.17, 15) is 102 Å². The third kappa shape index (κ3) is 40.5. The third-order valence-corrected chi connectivity index (χ3v) is 14.8. The van der Waals surface area contributed by atoms with E-state index in [1.54, 1.807) is 0 Å². The largest absolute Gasteiger partial charge is 0.481 e. The molecule has 0 fully saturated rings. The summed E-state index contributed by atoms with van der Waals surface area (Å²) in [6.07, 6.45) is 0.371. The summed E-state index contributed by atoms with van der Waals surface area (Å²) in [5, 5.41) is 75.1. The zero-order valence-corrected chi connectivity index (χ0v) is 57.9. The smallest absolute Gasteiger partial charge is 0.326 e. The lowest BCUT2D eigenvalue weighted by molar-refractivity contribution is -0.143. The third-order valence-electron chi connectivity index (χ3n) is 14.8. The van der Waals surface area contributed by atoms with Gasteiger partial charge in [0, 0.05) is 13.5 Å². The van der Waals surface area contributed by atoms with Gasteiger partial charge in [0.2, 0.25) is 88.6 Å². The summed E-state index contributed by atoms with van der Waals surface area (Å²) in [7, 11) is 0. The van der Waals surface area contributed by atoms with E-state index in [2.05, 4.69) is 79.8 Å². The quantitative estimate of drug-likeness (QED) is 0.0252. The molecule has 29 N–H and O–H groups in total. The average molecular weight is 1450 g/mol. The molecule has 0 bridgehead atoms. The van der Waals surface area contributed by atoms with Crippen LogP contribution in [0.15, 0.2) is 0 Å². The first-order chi connectivity index (χ1) is 47.7. The fourth-order valence-corrected chi connectivity index (χ4v) is 9.06. The van der Waals surface area contributed by atoms with Crippen LogP contribution >= 0.6 is 0 Å². The fourth-order valence-electron chi connectivity index (χ4n) is 9.06. The second-order valence-electron chi connectivity index (χ2n) is 23.7. The lowest BCUT2D eigenvalue weighted by Crippen LogP contribution is -2.60. The van der Waals surface area contributed by atoms with Crippen LogP contribution < -0.4 is 108 Å². The summed E-state index contributed by atoms with van der Waals surface area (Å²) >= 11 is 0. The SMILES string of the molecule is CC(=O)NCCCC[C@H](NC(=O)CNC(=O)CNC(=O)[C@H](C)N)C(=O)N[C@@H](C)C(=O)NCC(=O)N[C@@H](CCCCN)C(=O)N[C@@H](CC(=O)O)C(=O)N[C@@H](CO)C(=O)NCC(=O)N[C@@H](CCCCN)C(=O)N[C@@H](C)C(=O)N[C@@H](CCCCN)C(=O)N[C@H](C(=O)N[C@@H](CCCCN)C(=O)O)[C@@H](C)O. The number of carbonyl (C=O) groups excluding carboxylic acids is 15. The number of hydrogen-bond acceptors (Lipinski definition) is 24. The molecule has 574 valence electrons. The zero-order valence-electron chi connectivity index (χ0n) is 57.9. The highest BCUT2D eigenvalue weighted by Crippen LogP contribution is 2.10. The number of nitrogens with one attached hydrogen (secondary N) is 15. The Hall–Kier alpha value is -9.29. The Bertz CT molecular complexity index is 2750. The molecule has 0 aliphatic heterocycles. The maximum atomic E-state index is 13.8. The summed E-state index contributed by atoms with van der Waals surface area (Å²) in [6.45, 7) is 3.42. The van der Waals surface area contributed by atoms with Crippen molar-refractivity contribution in [2.75, 3.05) is 65.5 Å². The van der Waals surface area contributed by atoms with E-state index in [4.69, 9.17) is 28.7 Å². The van der Waals surface area contributed by atoms with Crippen molar-refractivity contribution in [1.82, 2.24) is 79.8 Å². The Morgan fingerprint density at radius 3 is 1.11 bits per heavy atom. The number of carbonyl (C=O) groups is 17. The van der Waals surface area contributed by atoms with Crippen LogP contribution in [0.1, 0.15) is 137 Å². The van der Waals surface area contributed by atoms with Crippen LogP contribution in [0.25, 0.3) is 0 Å². The van der Waals surface area contributed by atoms with Crippen LogP contribution in [0.3, 0.4) is 0 Å². The molecule has 0 heterocycles. The van der Waals surface area contributed by atoms with Crippen LogP contribution in [-0.2, 0) is 81.5 Å². The summed E-state index contributed by atoms with van der Waals surface area (Å²) < 4.78 is 0. The van der Waals surface area contributed by atoms with E-state index in [1.165, 1.54) is 34.6 Å². The first-order valence-corrected chi connectivity index (χ1v) is 33.3. The molecule has 0 unspecified atom stereocenters. The second kappa shape index (κ2) is 51.8. The highest BCUT2D eigenvalue weighted by molar-refractivity contribution is 5.99. The van der Waals surface area contributed by atoms with Gasteiger partial charge in [-0.1, -0.05) is 0 Å². The summed E-state index contributed by atoms with van der Waals surface area (Å²) in [6, 6.07) is -16.2. The summed E-state index contributed by atoms with van der Waals surface area (Å²) in [5.74, 6) is -16.8. The van der Waals surface area contributed by atoms with Crippen molar-refractivity contribution in [1.29, 1.82) is 0 Å². The van der Waals surface area contributed by atoms with Gasteiger partial charge >= 0.3 is 11.9 Å². The molecule has 0 saturated carbocycles. The highest BCUT2D eigenvalue weighted by Gasteiger charge is 2.36. The number of nitrogens with two attached hydrogens (primary N) is 5. The minimum Gasteiger partial charge on any atom is -0.481 e. The number of aliphatic hydroxyl groups excluding tert-OH is 2. The summed E-state index contributed by atoms with van der Waals surface area (Å²) in [4.78, 5) is 220. The molecule has 0 aliphatic rings. The van der Waals surface area contributed by atoms with E-state index in [-0.39, 0.29) is 96.4 Å². The Morgan fingerprint density at radius 2 is 0.693 bits per heavy atom. The van der Waals surface area contributed by atoms with Crippen molar-refractivity contribution in [3.63, 3.8) is 0 Å². The molecule has 15 amide bonds. The Balaban J connectivity index is 6.10. The van der Waals surface area contributed by atoms with Crippen LogP contribution in [0.4, 0.5) is 0 Å². The molecule has 0 aromatic carbocycles. The van der Waals surface area contributed by atoms with Gasteiger partial charge in [0.05, 0.1) is 51.4 Å². The number of unbranched alkanes of at least 4 members (excludes halogenated alkanes) is 5. The number of carboxylic acid groups (broad SMARTS) is 2. The maximum absolute atomic E-state index is 13.8. The molecular weight excluding hydrogens is 1340 g/mol. The van der Waals surface area contributed by atoms with Crippen molar-refractivity contribution < 1.29 is 102 Å². The van der Waals surface area contributed by atoms with Gasteiger partial charge in [0.25, 0.3) is 0 Å². The van der Waals surface area contributed by atoms with Gasteiger partial charge in [-0.2, -0.15) is 0 Å². The number of aliphatic hydroxyl groups is 2. The Morgan fingerprint density at radius 1 is 0.347 bits per heavy atom. The predicted octanol–water partition coefficient (Wildman–Crippen LogP) is -10.6. The maximum Gasteiger partial charge on any atom is 0.326 e. The lowest BCUT2D eigenvalue weighted by Gasteiger charge is -2.27. The zero-order chi connectivity index (χ0) is 76.7. The van der Waals surface area contributed by atoms with Crippen LogP contribution in [0, 0.1) is 0 Å². The summed E-state index contributed by atoms with van der Waals surface area (Å²) in [5.41, 5.74) is 27.9. The standard InChI is InChI=1S/C60H108N20O21/c1-32(65)50(90)68-27-44(84)67-28-45(85)73-38(19-10-15-25-66-36(5)83)54(94)71-33(2)51(91)69-29-46(86)75-39(17-7-12-22-62)56(96)78-42(26-48(88)89)58(98)79-43(31-81)53(93)70-30-47(87)74-37(16-6-11-21-61)55(95)72-34(3)52(92)76-40(18-8-13-23-63)57(97)80-49(35(4)82)59(99)77-41(60(100)101)20-9-14-24-64/h32-35,37-43,49,81-82H,6-31,61-65H2,1-5H3,(H,66,83)(H,67,84)(H,68,90)(H,69,91)(H,70,93)(H,71,94)(H,72,95)(H,73,85)(H,74,87)(H,75,86)(H,76,92)(H,77,99)(H,78,96)(H,79,98)(H,80,97)(H,88,89)(H,100,101)/t32-,33-,34-,35+,37-,38-,39-,40-,41-,42-,43-,49-/m0/s1. The number of aliphatic carboxylic acids is 2. The van der Waals surface area contributed by atoms with Gasteiger partial charge in [-0.15, -0.1) is 0 Å². The average Bonchev–Trinajstić information content (AvgIpc) is 0.876. The molecule has 0 saturated heterocycles. The molecule has 0 aromatic heterocycles. The number of carboxylic acids is 2. The van der Waals surface area contributed by atoms with Gasteiger partial charge in [0.15, 0.2) is 0 Å². The van der Waals surface area contributed by atoms with Crippen LogP contribution in [0.5, 0.6) is 0 Å². The van der Waals surface area contributed by atoms with Crippen LogP contribution in [0.2, 0.25) is 0 Å². The topological polar surface area (TPSA) is 682 Å². The first-order valence-electron chi connectivity index (χ1n) is 33.3. The van der Waals surface area contributed by atoms with Gasteiger partial charge in [-0.25, -0.2) is 4.79 Å². The van der Waals surface area contributed by atoms with E-state index in [0.717, 1.165) is 0 Å². The number of amides is 15. The monoisotopic (exact) mass is 1440 g/mol. The van der Waals surface area contributed by atoms with E-state index < -0.39 is 206 Å². The molecule has 0 aromatic rings. The van der Waals surface area contributed by atoms with Crippen molar-refractivity contribution in [3.8, 4) is 0 Å². The van der Waals surface area contributed by atoms with Gasteiger partial charge in [-0.05, 0) is 150 Å².